The number of nitrogen functional groups attached to an aromatic ring is 1. The van der Waals surface area contributed by atoms with Crippen LogP contribution in [-0.2, 0) is 10.0 Å². The van der Waals surface area contributed by atoms with Crippen molar-refractivity contribution in [3.05, 3.63) is 46.4 Å². The zero-order valence-corrected chi connectivity index (χ0v) is 14.0. The van der Waals surface area contributed by atoms with Crippen LogP contribution in [0, 0.1) is 6.92 Å². The van der Waals surface area contributed by atoms with Gasteiger partial charge in [-0.05, 0) is 42.8 Å². The van der Waals surface area contributed by atoms with Gasteiger partial charge in [0, 0.05) is 10.2 Å². The molecule has 0 aliphatic carbocycles. The molecule has 0 amide bonds. The highest BCUT2D eigenvalue weighted by atomic mass is 79.9. The molecule has 0 spiro atoms. The second-order valence-electron chi connectivity index (χ2n) is 4.48. The van der Waals surface area contributed by atoms with Gasteiger partial charge in [0.05, 0.1) is 12.8 Å². The fourth-order valence-electron chi connectivity index (χ4n) is 1.81. The maximum Gasteiger partial charge on any atom is 0.265 e. The summed E-state index contributed by atoms with van der Waals surface area (Å²) in [5.74, 6) is 0.240. The van der Waals surface area contributed by atoms with E-state index in [2.05, 4.69) is 20.7 Å². The first-order chi connectivity index (χ1) is 9.83. The Balaban J connectivity index is 2.48. The molecule has 0 saturated heterocycles. The minimum atomic E-state index is -3.79. The molecule has 0 bridgehead atoms. The number of hydrogen-bond donors (Lipinski definition) is 2. The Morgan fingerprint density at radius 3 is 2.57 bits per heavy atom. The molecule has 2 aromatic rings. The third-order valence-corrected chi connectivity index (χ3v) is 4.80. The zero-order valence-electron chi connectivity index (χ0n) is 11.6. The summed E-state index contributed by atoms with van der Waals surface area (Å²) in [6, 6.07) is 9.84. The van der Waals surface area contributed by atoms with Gasteiger partial charge in [-0.3, -0.25) is 4.72 Å². The third kappa shape index (κ3) is 3.48. The van der Waals surface area contributed by atoms with Crippen LogP contribution >= 0.6 is 15.9 Å². The first-order valence-electron chi connectivity index (χ1n) is 6.06. The van der Waals surface area contributed by atoms with E-state index in [1.54, 1.807) is 12.1 Å². The largest absolute Gasteiger partial charge is 0.495 e. The molecule has 0 unspecified atom stereocenters. The van der Waals surface area contributed by atoms with E-state index in [4.69, 9.17) is 10.5 Å². The van der Waals surface area contributed by atoms with Crippen LogP contribution in [0.2, 0.25) is 0 Å². The summed E-state index contributed by atoms with van der Waals surface area (Å²) in [5.41, 5.74) is 7.32. The molecule has 112 valence electrons. The Morgan fingerprint density at radius 2 is 1.90 bits per heavy atom. The van der Waals surface area contributed by atoms with Gasteiger partial charge in [0.25, 0.3) is 10.0 Å². The van der Waals surface area contributed by atoms with Crippen molar-refractivity contribution in [1.29, 1.82) is 0 Å². The van der Waals surface area contributed by atoms with E-state index in [9.17, 15) is 8.42 Å². The Kier molecular flexibility index (Phi) is 4.43. The molecule has 2 aromatic carbocycles. The minimum absolute atomic E-state index is 0.00405. The smallest absolute Gasteiger partial charge is 0.265 e. The molecule has 2 rings (SSSR count). The van der Waals surface area contributed by atoms with Crippen LogP contribution in [0.3, 0.4) is 0 Å². The quantitative estimate of drug-likeness (QED) is 0.809. The van der Waals surface area contributed by atoms with E-state index < -0.39 is 10.0 Å². The van der Waals surface area contributed by atoms with Crippen molar-refractivity contribution in [1.82, 2.24) is 0 Å². The second kappa shape index (κ2) is 5.95. The fraction of sp³-hybridized carbons (Fsp3) is 0.143. The number of nitrogens with one attached hydrogen (secondary N) is 1. The number of ether oxygens (including phenoxy) is 1. The monoisotopic (exact) mass is 370 g/mol. The molecular weight excluding hydrogens is 356 g/mol. The molecule has 0 aliphatic rings. The van der Waals surface area contributed by atoms with E-state index in [0.29, 0.717) is 11.4 Å². The number of methoxy groups -OCH3 is 1. The molecule has 7 heteroatoms. The Labute approximate surface area is 132 Å². The second-order valence-corrected chi connectivity index (χ2v) is 7.04. The molecule has 3 N–H and O–H groups in total. The summed E-state index contributed by atoms with van der Waals surface area (Å²) in [7, 11) is -2.38. The summed E-state index contributed by atoms with van der Waals surface area (Å²) >= 11 is 3.32. The molecule has 0 atom stereocenters. The highest BCUT2D eigenvalue weighted by Crippen LogP contribution is 2.29. The molecule has 0 fully saturated rings. The van der Waals surface area contributed by atoms with Crippen LogP contribution in [0.1, 0.15) is 5.56 Å². The number of halogens is 1. The van der Waals surface area contributed by atoms with E-state index in [1.165, 1.54) is 19.2 Å². The zero-order chi connectivity index (χ0) is 15.6. The fourth-order valence-corrected chi connectivity index (χ4v) is 3.50. The van der Waals surface area contributed by atoms with Gasteiger partial charge in [0.15, 0.2) is 0 Å². The van der Waals surface area contributed by atoms with Crippen LogP contribution in [0.4, 0.5) is 11.4 Å². The van der Waals surface area contributed by atoms with Gasteiger partial charge < -0.3 is 10.5 Å². The molecule has 21 heavy (non-hydrogen) atoms. The summed E-state index contributed by atoms with van der Waals surface area (Å²) in [5, 5.41) is 0. The van der Waals surface area contributed by atoms with Crippen molar-refractivity contribution in [2.45, 2.75) is 11.8 Å². The Morgan fingerprint density at radius 1 is 1.19 bits per heavy atom. The van der Waals surface area contributed by atoms with Crippen LogP contribution in [0.15, 0.2) is 45.8 Å². The first-order valence-corrected chi connectivity index (χ1v) is 8.33. The number of hydrogen-bond acceptors (Lipinski definition) is 4. The molecule has 0 aromatic heterocycles. The summed E-state index contributed by atoms with van der Waals surface area (Å²) in [4.78, 5) is 0.00405. The predicted molar refractivity (Wildman–Crippen MR) is 87.1 cm³/mol. The number of anilines is 2. The van der Waals surface area contributed by atoms with Gasteiger partial charge >= 0.3 is 0 Å². The van der Waals surface area contributed by atoms with E-state index in [-0.39, 0.29) is 10.6 Å². The lowest BCUT2D eigenvalue weighted by atomic mass is 10.2. The van der Waals surface area contributed by atoms with Crippen LogP contribution in [0.5, 0.6) is 5.75 Å². The number of benzene rings is 2. The van der Waals surface area contributed by atoms with E-state index in [0.717, 1.165) is 10.0 Å². The average Bonchev–Trinajstić information content (AvgIpc) is 2.42. The molecule has 0 radical (unpaired) electrons. The lowest BCUT2D eigenvalue weighted by Gasteiger charge is -2.14. The topological polar surface area (TPSA) is 81.4 Å². The maximum absolute atomic E-state index is 12.5. The normalized spacial score (nSPS) is 11.2. The summed E-state index contributed by atoms with van der Waals surface area (Å²) in [6.07, 6.45) is 0. The van der Waals surface area contributed by atoms with Gasteiger partial charge in [-0.25, -0.2) is 8.42 Å². The standard InChI is InChI=1S/C14H15BrN2O3S/c1-9-3-4-10(15)7-12(9)17-21(18,19)14-8-11(16)5-6-13(14)20-2/h3-8,17H,16H2,1-2H3. The highest BCUT2D eigenvalue weighted by molar-refractivity contribution is 9.10. The average molecular weight is 371 g/mol. The minimum Gasteiger partial charge on any atom is -0.495 e. The molecule has 0 saturated carbocycles. The molecule has 5 nitrogen and oxygen atoms in total. The first kappa shape index (κ1) is 15.7. The van der Waals surface area contributed by atoms with Gasteiger partial charge in [0.1, 0.15) is 10.6 Å². The van der Waals surface area contributed by atoms with Crippen molar-refractivity contribution in [2.75, 3.05) is 17.6 Å². The van der Waals surface area contributed by atoms with Crippen molar-refractivity contribution in [3.8, 4) is 5.75 Å². The molecular formula is C14H15BrN2O3S. The van der Waals surface area contributed by atoms with Crippen molar-refractivity contribution >= 4 is 37.3 Å². The highest BCUT2D eigenvalue weighted by Gasteiger charge is 2.20. The van der Waals surface area contributed by atoms with Gasteiger partial charge in [-0.1, -0.05) is 22.0 Å². The Bertz CT molecular complexity index is 776. The number of aryl methyl sites for hydroxylation is 1. The van der Waals surface area contributed by atoms with E-state index >= 15 is 0 Å². The number of rotatable bonds is 4. The maximum atomic E-state index is 12.5. The van der Waals surface area contributed by atoms with Gasteiger partial charge in [0.2, 0.25) is 0 Å². The van der Waals surface area contributed by atoms with Crippen molar-refractivity contribution < 1.29 is 13.2 Å². The van der Waals surface area contributed by atoms with E-state index in [1.807, 2.05) is 19.1 Å². The Hall–Kier alpha value is -1.73. The molecule has 0 heterocycles. The lowest BCUT2D eigenvalue weighted by molar-refractivity contribution is 0.403. The van der Waals surface area contributed by atoms with Crippen LogP contribution in [-0.4, -0.2) is 15.5 Å². The van der Waals surface area contributed by atoms with Crippen molar-refractivity contribution in [3.63, 3.8) is 0 Å². The third-order valence-electron chi connectivity index (χ3n) is 2.92. The van der Waals surface area contributed by atoms with Gasteiger partial charge in [-0.15, -0.1) is 0 Å². The SMILES string of the molecule is COc1ccc(N)cc1S(=O)(=O)Nc1cc(Br)ccc1C. The number of nitrogens with two attached hydrogens (primary N) is 1. The lowest BCUT2D eigenvalue weighted by Crippen LogP contribution is -2.15. The van der Waals surface area contributed by atoms with Crippen molar-refractivity contribution in [2.24, 2.45) is 0 Å². The van der Waals surface area contributed by atoms with Gasteiger partial charge in [-0.2, -0.15) is 0 Å². The van der Waals surface area contributed by atoms with Crippen LogP contribution < -0.4 is 15.2 Å². The number of sulfonamides is 1. The summed E-state index contributed by atoms with van der Waals surface area (Å²) in [6.45, 7) is 1.82. The van der Waals surface area contributed by atoms with Crippen LogP contribution in [0.25, 0.3) is 0 Å². The summed E-state index contributed by atoms with van der Waals surface area (Å²) < 4.78 is 33.5. The molecule has 0 aliphatic heterocycles. The predicted octanol–water partition coefficient (Wildman–Crippen LogP) is 3.15.